The molecular formula is C16H21N3O3S. The molecule has 0 radical (unpaired) electrons. The standard InChI is InChI=1S/C16H21N3O3S/c1-10(20)8-17-13(21)6-7-19-9-18-15-14(16(19)22)11-4-2-3-5-12(11)23-15/h9-10,20H,2-8H2,1H3,(H,17,21). The second-order valence-electron chi connectivity index (χ2n) is 6.04. The summed E-state index contributed by atoms with van der Waals surface area (Å²) in [6.45, 7) is 2.14. The van der Waals surface area contributed by atoms with Gasteiger partial charge in [0, 0.05) is 24.4 Å². The van der Waals surface area contributed by atoms with Crippen LogP contribution in [0.3, 0.4) is 0 Å². The minimum atomic E-state index is -0.572. The molecule has 0 saturated carbocycles. The predicted molar refractivity (Wildman–Crippen MR) is 89.8 cm³/mol. The average molecular weight is 335 g/mol. The zero-order chi connectivity index (χ0) is 16.4. The lowest BCUT2D eigenvalue weighted by Crippen LogP contribution is -2.32. The van der Waals surface area contributed by atoms with E-state index in [4.69, 9.17) is 5.11 Å². The van der Waals surface area contributed by atoms with Gasteiger partial charge in [0.1, 0.15) is 4.83 Å². The molecule has 6 nitrogen and oxygen atoms in total. The van der Waals surface area contributed by atoms with Crippen LogP contribution in [-0.2, 0) is 24.2 Å². The zero-order valence-corrected chi connectivity index (χ0v) is 14.0. The molecule has 2 heterocycles. The molecule has 2 aromatic rings. The number of nitrogens with zero attached hydrogens (tertiary/aromatic N) is 2. The largest absolute Gasteiger partial charge is 0.392 e. The number of aryl methyl sites for hydroxylation is 3. The van der Waals surface area contributed by atoms with Gasteiger partial charge in [-0.3, -0.25) is 14.2 Å². The third-order valence-corrected chi connectivity index (χ3v) is 5.32. The van der Waals surface area contributed by atoms with Crippen LogP contribution in [0, 0.1) is 0 Å². The van der Waals surface area contributed by atoms with Crippen molar-refractivity contribution in [3.05, 3.63) is 27.1 Å². The summed E-state index contributed by atoms with van der Waals surface area (Å²) in [7, 11) is 0. The fraction of sp³-hybridized carbons (Fsp3) is 0.562. The van der Waals surface area contributed by atoms with Crippen molar-refractivity contribution in [3.63, 3.8) is 0 Å². The molecule has 2 aromatic heterocycles. The van der Waals surface area contributed by atoms with Gasteiger partial charge in [-0.15, -0.1) is 11.3 Å². The van der Waals surface area contributed by atoms with E-state index in [0.717, 1.165) is 29.5 Å². The van der Waals surface area contributed by atoms with Crippen molar-refractivity contribution >= 4 is 27.5 Å². The highest BCUT2D eigenvalue weighted by atomic mass is 32.1. The van der Waals surface area contributed by atoms with E-state index in [2.05, 4.69) is 10.3 Å². The minimum Gasteiger partial charge on any atom is -0.392 e. The third-order valence-electron chi connectivity index (χ3n) is 4.12. The highest BCUT2D eigenvalue weighted by Gasteiger charge is 2.20. The first-order chi connectivity index (χ1) is 11.1. The Labute approximate surface area is 138 Å². The Hall–Kier alpha value is -1.73. The van der Waals surface area contributed by atoms with Crippen LogP contribution in [-0.4, -0.2) is 33.2 Å². The second-order valence-corrected chi connectivity index (χ2v) is 7.12. The molecule has 0 aliphatic heterocycles. The molecule has 1 aliphatic carbocycles. The smallest absolute Gasteiger partial charge is 0.262 e. The predicted octanol–water partition coefficient (Wildman–Crippen LogP) is 1.22. The second kappa shape index (κ2) is 6.80. The van der Waals surface area contributed by atoms with Crippen molar-refractivity contribution in [2.24, 2.45) is 0 Å². The van der Waals surface area contributed by atoms with Crippen LogP contribution in [0.1, 0.15) is 36.6 Å². The number of hydrogen-bond acceptors (Lipinski definition) is 5. The van der Waals surface area contributed by atoms with E-state index in [1.807, 2.05) is 0 Å². The molecule has 0 bridgehead atoms. The number of amides is 1. The van der Waals surface area contributed by atoms with Crippen molar-refractivity contribution in [2.45, 2.75) is 51.7 Å². The van der Waals surface area contributed by atoms with Gasteiger partial charge in [0.05, 0.1) is 17.8 Å². The van der Waals surface area contributed by atoms with Crippen LogP contribution in [0.4, 0.5) is 0 Å². The Morgan fingerprint density at radius 3 is 3.04 bits per heavy atom. The summed E-state index contributed by atoms with van der Waals surface area (Å²) in [6, 6.07) is 0. The number of carbonyl (C=O) groups excluding carboxylic acids is 1. The molecule has 3 rings (SSSR count). The number of aliphatic hydroxyl groups is 1. The van der Waals surface area contributed by atoms with Crippen LogP contribution >= 0.6 is 11.3 Å². The maximum absolute atomic E-state index is 12.7. The van der Waals surface area contributed by atoms with Gasteiger partial charge in [0.15, 0.2) is 0 Å². The molecule has 23 heavy (non-hydrogen) atoms. The van der Waals surface area contributed by atoms with Gasteiger partial charge in [0.2, 0.25) is 5.91 Å². The van der Waals surface area contributed by atoms with Gasteiger partial charge in [-0.1, -0.05) is 0 Å². The Bertz CT molecular complexity index is 779. The quantitative estimate of drug-likeness (QED) is 0.860. The van der Waals surface area contributed by atoms with Gasteiger partial charge in [-0.2, -0.15) is 0 Å². The van der Waals surface area contributed by atoms with E-state index < -0.39 is 6.10 Å². The first-order valence-electron chi connectivity index (χ1n) is 8.00. The van der Waals surface area contributed by atoms with Crippen molar-refractivity contribution in [1.29, 1.82) is 0 Å². The molecule has 1 aliphatic rings. The van der Waals surface area contributed by atoms with Gasteiger partial charge >= 0.3 is 0 Å². The molecule has 0 aromatic carbocycles. The molecule has 0 fully saturated rings. The fourth-order valence-corrected chi connectivity index (χ4v) is 4.13. The van der Waals surface area contributed by atoms with Crippen molar-refractivity contribution in [3.8, 4) is 0 Å². The minimum absolute atomic E-state index is 0.0438. The molecule has 1 atom stereocenters. The molecule has 0 saturated heterocycles. The van der Waals surface area contributed by atoms with E-state index in [1.165, 1.54) is 27.8 Å². The SMILES string of the molecule is CC(O)CNC(=O)CCn1cnc2sc3c(c2c1=O)CCCC3. The number of carbonyl (C=O) groups is 1. The number of aromatic nitrogens is 2. The van der Waals surface area contributed by atoms with Crippen LogP contribution < -0.4 is 10.9 Å². The Kier molecular flexibility index (Phi) is 4.77. The summed E-state index contributed by atoms with van der Waals surface area (Å²) in [5, 5.41) is 12.5. The summed E-state index contributed by atoms with van der Waals surface area (Å²) in [5.41, 5.74) is 1.12. The van der Waals surface area contributed by atoms with E-state index in [1.54, 1.807) is 18.3 Å². The van der Waals surface area contributed by atoms with Crippen molar-refractivity contribution in [1.82, 2.24) is 14.9 Å². The normalized spacial score (nSPS) is 15.4. The van der Waals surface area contributed by atoms with Crippen LogP contribution in [0.15, 0.2) is 11.1 Å². The molecule has 1 amide bonds. The monoisotopic (exact) mass is 335 g/mol. The van der Waals surface area contributed by atoms with Crippen LogP contribution in [0.2, 0.25) is 0 Å². The summed E-state index contributed by atoms with van der Waals surface area (Å²) in [5.74, 6) is -0.176. The summed E-state index contributed by atoms with van der Waals surface area (Å²) >= 11 is 1.63. The lowest BCUT2D eigenvalue weighted by atomic mass is 9.97. The lowest BCUT2D eigenvalue weighted by molar-refractivity contribution is -0.121. The fourth-order valence-electron chi connectivity index (χ4n) is 2.91. The molecule has 124 valence electrons. The highest BCUT2D eigenvalue weighted by molar-refractivity contribution is 7.18. The molecular weight excluding hydrogens is 314 g/mol. The number of rotatable bonds is 5. The van der Waals surface area contributed by atoms with E-state index in [0.29, 0.717) is 6.54 Å². The van der Waals surface area contributed by atoms with Crippen LogP contribution in [0.5, 0.6) is 0 Å². The Morgan fingerprint density at radius 1 is 1.48 bits per heavy atom. The van der Waals surface area contributed by atoms with Gasteiger partial charge in [-0.25, -0.2) is 4.98 Å². The number of hydrogen-bond donors (Lipinski definition) is 2. The van der Waals surface area contributed by atoms with Gasteiger partial charge < -0.3 is 10.4 Å². The summed E-state index contributed by atoms with van der Waals surface area (Å²) < 4.78 is 1.52. The lowest BCUT2D eigenvalue weighted by Gasteiger charge is -2.11. The van der Waals surface area contributed by atoms with Gasteiger partial charge in [0.25, 0.3) is 5.56 Å². The highest BCUT2D eigenvalue weighted by Crippen LogP contribution is 2.33. The first kappa shape index (κ1) is 16.1. The van der Waals surface area contributed by atoms with E-state index in [9.17, 15) is 9.59 Å². The maximum Gasteiger partial charge on any atom is 0.262 e. The molecule has 1 unspecified atom stereocenters. The number of fused-ring (bicyclic) bond motifs is 3. The average Bonchev–Trinajstić information content (AvgIpc) is 2.91. The maximum atomic E-state index is 12.7. The van der Waals surface area contributed by atoms with E-state index >= 15 is 0 Å². The molecule has 7 heteroatoms. The van der Waals surface area contributed by atoms with Crippen molar-refractivity contribution < 1.29 is 9.90 Å². The number of aliphatic hydroxyl groups excluding tert-OH is 1. The van der Waals surface area contributed by atoms with Crippen molar-refractivity contribution in [2.75, 3.05) is 6.54 Å². The van der Waals surface area contributed by atoms with Crippen LogP contribution in [0.25, 0.3) is 10.2 Å². The summed E-state index contributed by atoms with van der Waals surface area (Å²) in [6.07, 6.45) is 5.45. The molecule has 0 spiro atoms. The third kappa shape index (κ3) is 3.45. The number of nitrogens with one attached hydrogen (secondary N) is 1. The molecule has 2 N–H and O–H groups in total. The topological polar surface area (TPSA) is 84.2 Å². The first-order valence-corrected chi connectivity index (χ1v) is 8.82. The Morgan fingerprint density at radius 2 is 2.26 bits per heavy atom. The van der Waals surface area contributed by atoms with E-state index in [-0.39, 0.29) is 24.4 Å². The zero-order valence-electron chi connectivity index (χ0n) is 13.2. The number of thiophene rings is 1. The Balaban J connectivity index is 1.78. The van der Waals surface area contributed by atoms with Gasteiger partial charge in [-0.05, 0) is 38.2 Å². The summed E-state index contributed by atoms with van der Waals surface area (Å²) in [4.78, 5) is 30.9.